The number of rotatable bonds is 4. The molecule has 0 fully saturated rings. The lowest BCUT2D eigenvalue weighted by Gasteiger charge is -2.20. The first kappa shape index (κ1) is 17.9. The van der Waals surface area contributed by atoms with Crippen molar-refractivity contribution in [1.82, 2.24) is 24.5 Å². The lowest BCUT2D eigenvalue weighted by Crippen LogP contribution is -2.16. The minimum atomic E-state index is -0.231. The average Bonchev–Trinajstić information content (AvgIpc) is 3.30. The Balaban J connectivity index is 1.50. The maximum atomic E-state index is 12.6. The van der Waals surface area contributed by atoms with Crippen molar-refractivity contribution in [1.29, 1.82) is 0 Å². The molecule has 0 atom stereocenters. The standard InChI is InChI=1S/C22H17N5O3/c28-19-9-12-26(17-7-4-10-23-13-17)25-22(19)18-8-11-24-27(18)21-15-29-14-20(30-21)16-5-2-1-3-6-16/h1-2,4-5,7-15H,3,6H2. The molecule has 0 bridgehead atoms. The van der Waals surface area contributed by atoms with Gasteiger partial charge in [0.2, 0.25) is 5.43 Å². The number of aromatic nitrogens is 5. The van der Waals surface area contributed by atoms with E-state index in [0.717, 1.165) is 24.1 Å². The maximum Gasteiger partial charge on any atom is 0.257 e. The lowest BCUT2D eigenvalue weighted by atomic mass is 10.0. The van der Waals surface area contributed by atoms with Crippen LogP contribution in [0.2, 0.25) is 0 Å². The summed E-state index contributed by atoms with van der Waals surface area (Å²) in [6, 6.07) is 6.83. The highest BCUT2D eigenvalue weighted by molar-refractivity contribution is 5.59. The maximum absolute atomic E-state index is 12.6. The summed E-state index contributed by atoms with van der Waals surface area (Å²) in [5.74, 6) is 0.966. The highest BCUT2D eigenvalue weighted by Gasteiger charge is 2.21. The summed E-state index contributed by atoms with van der Waals surface area (Å²) in [6.45, 7) is 0. The first-order chi connectivity index (χ1) is 14.8. The van der Waals surface area contributed by atoms with E-state index in [1.54, 1.807) is 47.9 Å². The molecule has 4 heterocycles. The molecule has 0 spiro atoms. The minimum absolute atomic E-state index is 0.231. The van der Waals surface area contributed by atoms with Crippen LogP contribution < -0.4 is 5.43 Å². The van der Waals surface area contributed by atoms with Crippen molar-refractivity contribution < 1.29 is 9.47 Å². The molecule has 1 aliphatic heterocycles. The number of pyridine rings is 1. The molecule has 0 radical (unpaired) electrons. The fourth-order valence-corrected chi connectivity index (χ4v) is 3.23. The molecule has 8 heteroatoms. The van der Waals surface area contributed by atoms with Crippen LogP contribution in [0, 0.1) is 0 Å². The molecular weight excluding hydrogens is 382 g/mol. The summed E-state index contributed by atoms with van der Waals surface area (Å²) in [4.78, 5) is 16.7. The van der Waals surface area contributed by atoms with Crippen LogP contribution in [0.5, 0.6) is 0 Å². The van der Waals surface area contributed by atoms with Crippen molar-refractivity contribution >= 4 is 5.88 Å². The van der Waals surface area contributed by atoms with Gasteiger partial charge in [0.05, 0.1) is 18.1 Å². The molecule has 0 amide bonds. The van der Waals surface area contributed by atoms with E-state index in [9.17, 15) is 4.79 Å². The molecule has 1 aliphatic carbocycles. The van der Waals surface area contributed by atoms with Gasteiger partial charge in [0.15, 0.2) is 17.7 Å². The topological polar surface area (TPSA) is 84.1 Å². The van der Waals surface area contributed by atoms with Crippen LogP contribution >= 0.6 is 0 Å². The Kier molecular flexibility index (Phi) is 4.57. The molecule has 0 aromatic carbocycles. The van der Waals surface area contributed by atoms with Crippen molar-refractivity contribution in [2.24, 2.45) is 0 Å². The van der Waals surface area contributed by atoms with E-state index in [2.05, 4.69) is 21.3 Å². The molecule has 0 saturated carbocycles. The molecule has 2 aliphatic rings. The van der Waals surface area contributed by atoms with E-state index in [-0.39, 0.29) is 11.1 Å². The molecule has 148 valence electrons. The van der Waals surface area contributed by atoms with Crippen LogP contribution in [0.25, 0.3) is 23.0 Å². The Morgan fingerprint density at radius 2 is 2.07 bits per heavy atom. The Morgan fingerprint density at radius 3 is 2.90 bits per heavy atom. The second-order valence-electron chi connectivity index (χ2n) is 6.65. The van der Waals surface area contributed by atoms with E-state index < -0.39 is 0 Å². The molecule has 3 aromatic heterocycles. The van der Waals surface area contributed by atoms with Gasteiger partial charge in [-0.1, -0.05) is 18.2 Å². The highest BCUT2D eigenvalue weighted by atomic mass is 16.6. The van der Waals surface area contributed by atoms with E-state index in [4.69, 9.17) is 9.47 Å². The fraction of sp³-hybridized carbons (Fsp3) is 0.0909. The third-order valence-electron chi connectivity index (χ3n) is 4.70. The van der Waals surface area contributed by atoms with Gasteiger partial charge in [-0.25, -0.2) is 4.68 Å². The van der Waals surface area contributed by atoms with Gasteiger partial charge in [0, 0.05) is 18.5 Å². The van der Waals surface area contributed by atoms with Crippen molar-refractivity contribution in [2.75, 3.05) is 0 Å². The van der Waals surface area contributed by atoms with Crippen LogP contribution in [-0.4, -0.2) is 24.5 Å². The molecule has 5 rings (SSSR count). The van der Waals surface area contributed by atoms with E-state index >= 15 is 0 Å². The summed E-state index contributed by atoms with van der Waals surface area (Å²) in [5.41, 5.74) is 2.27. The summed E-state index contributed by atoms with van der Waals surface area (Å²) >= 11 is 0. The minimum Gasteiger partial charge on any atom is -0.463 e. The van der Waals surface area contributed by atoms with Gasteiger partial charge in [0.25, 0.3) is 5.88 Å². The van der Waals surface area contributed by atoms with Crippen LogP contribution in [0.15, 0.2) is 95.9 Å². The number of nitrogens with zero attached hydrogens (tertiary/aromatic N) is 5. The fourth-order valence-electron chi connectivity index (χ4n) is 3.23. The SMILES string of the molecule is O=c1ccn(-c2cccnc2)nc1-c1ccnn1C1=COC=C(C2=CC=CCC2)O1. The molecular formula is C22H17N5O3. The molecule has 3 aromatic rings. The van der Waals surface area contributed by atoms with Gasteiger partial charge < -0.3 is 9.47 Å². The third-order valence-corrected chi connectivity index (χ3v) is 4.70. The predicted molar refractivity (Wildman–Crippen MR) is 110 cm³/mol. The van der Waals surface area contributed by atoms with E-state index in [1.165, 1.54) is 17.0 Å². The zero-order valence-electron chi connectivity index (χ0n) is 15.9. The molecule has 30 heavy (non-hydrogen) atoms. The van der Waals surface area contributed by atoms with Gasteiger partial charge in [-0.2, -0.15) is 14.9 Å². The van der Waals surface area contributed by atoms with Crippen LogP contribution in [0.3, 0.4) is 0 Å². The number of allylic oxidation sites excluding steroid dienone is 4. The van der Waals surface area contributed by atoms with Crippen molar-refractivity contribution in [2.45, 2.75) is 12.8 Å². The largest absolute Gasteiger partial charge is 0.463 e. The van der Waals surface area contributed by atoms with Gasteiger partial charge in [-0.3, -0.25) is 9.78 Å². The Hall–Kier alpha value is -4.20. The first-order valence-corrected chi connectivity index (χ1v) is 9.44. The van der Waals surface area contributed by atoms with Crippen molar-refractivity contribution in [3.63, 3.8) is 0 Å². The number of hydrogen-bond donors (Lipinski definition) is 0. The zero-order chi connectivity index (χ0) is 20.3. The van der Waals surface area contributed by atoms with Crippen molar-refractivity contribution in [3.8, 4) is 17.1 Å². The number of hydrogen-bond acceptors (Lipinski definition) is 6. The highest BCUT2D eigenvalue weighted by Crippen LogP contribution is 2.29. The smallest absolute Gasteiger partial charge is 0.257 e. The van der Waals surface area contributed by atoms with E-state index in [0.29, 0.717) is 17.3 Å². The third kappa shape index (κ3) is 3.35. The van der Waals surface area contributed by atoms with Gasteiger partial charge in [0.1, 0.15) is 12.0 Å². The quantitative estimate of drug-likeness (QED) is 0.669. The molecule has 0 unspecified atom stereocenters. The summed E-state index contributed by atoms with van der Waals surface area (Å²) < 4.78 is 14.6. The van der Waals surface area contributed by atoms with Gasteiger partial charge in [-0.15, -0.1) is 0 Å². The monoisotopic (exact) mass is 399 g/mol. The summed E-state index contributed by atoms with van der Waals surface area (Å²) in [7, 11) is 0. The van der Waals surface area contributed by atoms with Crippen LogP contribution in [0.1, 0.15) is 12.8 Å². The second kappa shape index (κ2) is 7.67. The predicted octanol–water partition coefficient (Wildman–Crippen LogP) is 3.41. The molecule has 0 N–H and O–H groups in total. The average molecular weight is 399 g/mol. The lowest BCUT2D eigenvalue weighted by molar-refractivity contribution is 0.265. The van der Waals surface area contributed by atoms with Gasteiger partial charge >= 0.3 is 0 Å². The van der Waals surface area contributed by atoms with Crippen LogP contribution in [0.4, 0.5) is 0 Å². The second-order valence-corrected chi connectivity index (χ2v) is 6.65. The summed E-state index contributed by atoms with van der Waals surface area (Å²) in [5, 5.41) is 8.82. The normalized spacial score (nSPS) is 15.5. The molecule has 8 nitrogen and oxygen atoms in total. The Labute approximate surface area is 171 Å². The Morgan fingerprint density at radius 1 is 1.10 bits per heavy atom. The Bertz CT molecular complexity index is 1270. The van der Waals surface area contributed by atoms with Crippen LogP contribution in [-0.2, 0) is 9.47 Å². The van der Waals surface area contributed by atoms with Gasteiger partial charge in [-0.05, 0) is 36.6 Å². The molecule has 0 saturated heterocycles. The van der Waals surface area contributed by atoms with Crippen molar-refractivity contribution in [3.05, 3.63) is 101 Å². The zero-order valence-corrected chi connectivity index (χ0v) is 15.9. The number of ether oxygens (including phenoxy) is 2. The first-order valence-electron chi connectivity index (χ1n) is 9.44. The van der Waals surface area contributed by atoms with E-state index in [1.807, 2.05) is 18.2 Å². The summed E-state index contributed by atoms with van der Waals surface area (Å²) in [6.07, 6.45) is 17.4.